The van der Waals surface area contributed by atoms with Crippen LogP contribution in [0.5, 0.6) is 0 Å². The molecule has 2 atom stereocenters. The van der Waals surface area contributed by atoms with Gasteiger partial charge >= 0.3 is 0 Å². The molecular weight excluding hydrogens is 478 g/mol. The lowest BCUT2D eigenvalue weighted by Gasteiger charge is -2.33. The Labute approximate surface area is 194 Å². The molecule has 0 aromatic carbocycles. The number of nitrogens with two attached hydrogens (primary N) is 1. The van der Waals surface area contributed by atoms with E-state index in [0.29, 0.717) is 33.7 Å². The van der Waals surface area contributed by atoms with E-state index >= 15 is 0 Å². The summed E-state index contributed by atoms with van der Waals surface area (Å²) >= 11 is 8.29. The molecule has 0 spiro atoms. The molecule has 168 valence electrons. The maximum absolute atomic E-state index is 13.2. The minimum atomic E-state index is -3.85. The maximum Gasteiger partial charge on any atom is 0.253 e. The Morgan fingerprint density at radius 1 is 1.23 bits per heavy atom. The lowest BCUT2D eigenvalue weighted by Crippen LogP contribution is -2.49. The number of sulfonamides is 1. The summed E-state index contributed by atoms with van der Waals surface area (Å²) in [5.41, 5.74) is 6.94. The van der Waals surface area contributed by atoms with Crippen molar-refractivity contribution in [2.75, 3.05) is 11.9 Å². The van der Waals surface area contributed by atoms with Gasteiger partial charge in [-0.25, -0.2) is 8.42 Å². The molecule has 11 heteroatoms. The van der Waals surface area contributed by atoms with Crippen molar-refractivity contribution in [2.45, 2.75) is 55.7 Å². The van der Waals surface area contributed by atoms with Crippen LogP contribution in [0.15, 0.2) is 16.3 Å². The van der Waals surface area contributed by atoms with Gasteiger partial charge in [0.15, 0.2) is 0 Å². The molecule has 0 bridgehead atoms. The number of primary amides is 1. The zero-order valence-electron chi connectivity index (χ0n) is 17.0. The number of piperidine rings is 1. The first-order valence-electron chi connectivity index (χ1n) is 10.2. The van der Waals surface area contributed by atoms with Crippen molar-refractivity contribution >= 4 is 61.1 Å². The molecule has 3 N–H and O–H groups in total. The number of amides is 2. The van der Waals surface area contributed by atoms with Crippen molar-refractivity contribution in [3.05, 3.63) is 32.5 Å². The van der Waals surface area contributed by atoms with E-state index in [9.17, 15) is 18.0 Å². The van der Waals surface area contributed by atoms with Gasteiger partial charge in [0.1, 0.15) is 15.3 Å². The van der Waals surface area contributed by atoms with Gasteiger partial charge in [-0.15, -0.1) is 22.7 Å². The Kier molecular flexibility index (Phi) is 6.47. The van der Waals surface area contributed by atoms with Crippen molar-refractivity contribution in [2.24, 2.45) is 11.7 Å². The number of thiophene rings is 2. The van der Waals surface area contributed by atoms with Crippen LogP contribution < -0.4 is 11.1 Å². The van der Waals surface area contributed by atoms with Crippen molar-refractivity contribution < 1.29 is 18.0 Å². The fourth-order valence-corrected chi connectivity index (χ4v) is 8.99. The summed E-state index contributed by atoms with van der Waals surface area (Å²) in [5.74, 6) is -0.490. The van der Waals surface area contributed by atoms with E-state index in [4.69, 9.17) is 17.3 Å². The van der Waals surface area contributed by atoms with E-state index in [0.717, 1.165) is 47.5 Å². The Morgan fingerprint density at radius 3 is 2.68 bits per heavy atom. The van der Waals surface area contributed by atoms with Gasteiger partial charge in [-0.05, 0) is 55.7 Å². The number of hydrogen-bond donors (Lipinski definition) is 2. The third-order valence-corrected chi connectivity index (χ3v) is 10.6. The maximum atomic E-state index is 13.2. The minimum absolute atomic E-state index is 0.121. The molecule has 2 amide bonds. The predicted molar refractivity (Wildman–Crippen MR) is 124 cm³/mol. The minimum Gasteiger partial charge on any atom is -0.365 e. The van der Waals surface area contributed by atoms with Crippen LogP contribution in [0.25, 0.3) is 0 Å². The first kappa shape index (κ1) is 22.7. The van der Waals surface area contributed by atoms with Gasteiger partial charge in [-0.1, -0.05) is 24.9 Å². The van der Waals surface area contributed by atoms with Gasteiger partial charge in [-0.2, -0.15) is 4.31 Å². The van der Waals surface area contributed by atoms with Crippen molar-refractivity contribution in [1.29, 1.82) is 0 Å². The highest BCUT2D eigenvalue weighted by Gasteiger charge is 2.39. The largest absolute Gasteiger partial charge is 0.365 e. The molecule has 7 nitrogen and oxygen atoms in total. The first-order valence-corrected chi connectivity index (χ1v) is 13.7. The van der Waals surface area contributed by atoms with Crippen LogP contribution >= 0.6 is 34.3 Å². The molecule has 31 heavy (non-hydrogen) atoms. The molecule has 1 aliphatic heterocycles. The molecule has 3 heterocycles. The number of fused-ring (bicyclic) bond motifs is 1. The molecule has 4 rings (SSSR count). The van der Waals surface area contributed by atoms with Crippen molar-refractivity contribution in [3.8, 4) is 0 Å². The van der Waals surface area contributed by atoms with Gasteiger partial charge in [0.05, 0.1) is 9.90 Å². The van der Waals surface area contributed by atoms with Gasteiger partial charge < -0.3 is 11.1 Å². The fraction of sp³-hybridized carbons (Fsp3) is 0.500. The quantitative estimate of drug-likeness (QED) is 0.648. The second kappa shape index (κ2) is 8.82. The standard InChI is InChI=1S/C20H24ClN3O4S3/c1-11-5-6-12-14(10-11)29-20(17(12)18(22)25)23-19(26)13-4-2-3-9-24(13)31(27,28)16-8-7-15(21)30-16/h7-8,11,13H,2-6,9-10H2,1H3,(H2,22,25)(H,23,26). The van der Waals surface area contributed by atoms with Gasteiger partial charge in [-0.3, -0.25) is 9.59 Å². The highest BCUT2D eigenvalue weighted by Crippen LogP contribution is 2.40. The third-order valence-electron chi connectivity index (χ3n) is 5.86. The highest BCUT2D eigenvalue weighted by atomic mass is 35.5. The highest BCUT2D eigenvalue weighted by molar-refractivity contribution is 7.91. The molecule has 2 aromatic rings. The molecule has 1 aliphatic carbocycles. The second-order valence-electron chi connectivity index (χ2n) is 8.10. The Bertz CT molecular complexity index is 1120. The first-order chi connectivity index (χ1) is 14.7. The van der Waals surface area contributed by atoms with E-state index in [2.05, 4.69) is 12.2 Å². The van der Waals surface area contributed by atoms with E-state index in [-0.39, 0.29) is 10.8 Å². The number of carbonyl (C=O) groups excluding carboxylic acids is 2. The Hall–Kier alpha value is -1.46. The topological polar surface area (TPSA) is 110 Å². The van der Waals surface area contributed by atoms with Gasteiger partial charge in [0, 0.05) is 11.4 Å². The smallest absolute Gasteiger partial charge is 0.253 e. The molecule has 1 saturated heterocycles. The molecule has 0 saturated carbocycles. The summed E-state index contributed by atoms with van der Waals surface area (Å²) in [7, 11) is -3.85. The number of rotatable bonds is 5. The number of carbonyl (C=O) groups is 2. The van der Waals surface area contributed by atoms with Gasteiger partial charge in [0.25, 0.3) is 15.9 Å². The number of hydrogen-bond acceptors (Lipinski definition) is 6. The zero-order valence-corrected chi connectivity index (χ0v) is 20.2. The van der Waals surface area contributed by atoms with E-state index in [1.54, 1.807) is 0 Å². The van der Waals surface area contributed by atoms with E-state index < -0.39 is 27.9 Å². The van der Waals surface area contributed by atoms with Gasteiger partial charge in [0.2, 0.25) is 5.91 Å². The lowest BCUT2D eigenvalue weighted by molar-refractivity contribution is -0.120. The summed E-state index contributed by atoms with van der Waals surface area (Å²) in [5, 5.41) is 3.27. The SMILES string of the molecule is CC1CCc2c(sc(NC(=O)C3CCCCN3S(=O)(=O)c3ccc(Cl)s3)c2C(N)=O)C1. The van der Waals surface area contributed by atoms with Crippen LogP contribution in [-0.4, -0.2) is 37.1 Å². The van der Waals surface area contributed by atoms with Crippen molar-refractivity contribution in [3.63, 3.8) is 0 Å². The lowest BCUT2D eigenvalue weighted by atomic mass is 9.88. The van der Waals surface area contributed by atoms with E-state index in [1.807, 2.05) is 0 Å². The monoisotopic (exact) mass is 501 g/mol. The molecule has 2 unspecified atom stereocenters. The van der Waals surface area contributed by atoms with Crippen molar-refractivity contribution in [1.82, 2.24) is 4.31 Å². The van der Waals surface area contributed by atoms with Crippen LogP contribution in [0.4, 0.5) is 5.00 Å². The van der Waals surface area contributed by atoms with Crippen LogP contribution in [0.2, 0.25) is 4.34 Å². The fourth-order valence-electron chi connectivity index (χ4n) is 4.30. The van der Waals surface area contributed by atoms with Crippen LogP contribution in [0.3, 0.4) is 0 Å². The Morgan fingerprint density at radius 2 is 2.00 bits per heavy atom. The molecule has 0 radical (unpaired) electrons. The predicted octanol–water partition coefficient (Wildman–Crippen LogP) is 3.87. The summed E-state index contributed by atoms with van der Waals surface area (Å²) < 4.78 is 28.1. The summed E-state index contributed by atoms with van der Waals surface area (Å²) in [6, 6.07) is 2.15. The molecule has 1 fully saturated rings. The van der Waals surface area contributed by atoms with E-state index in [1.165, 1.54) is 27.8 Å². The normalized spacial score (nSPS) is 22.1. The summed E-state index contributed by atoms with van der Waals surface area (Å²) in [4.78, 5) is 26.5. The zero-order chi connectivity index (χ0) is 22.3. The number of nitrogens with one attached hydrogen (secondary N) is 1. The Balaban J connectivity index is 1.62. The average Bonchev–Trinajstić information content (AvgIpc) is 3.31. The molecule has 2 aromatic heterocycles. The van der Waals surface area contributed by atoms with Crippen LogP contribution in [0, 0.1) is 5.92 Å². The third kappa shape index (κ3) is 4.41. The second-order valence-corrected chi connectivity index (χ2v) is 13.0. The number of nitrogens with zero attached hydrogens (tertiary/aromatic N) is 1. The molecule has 2 aliphatic rings. The summed E-state index contributed by atoms with van der Waals surface area (Å²) in [6.07, 6.45) is 4.41. The molecular formula is C20H24ClN3O4S3. The number of halogens is 1. The van der Waals surface area contributed by atoms with Crippen LogP contribution in [-0.2, 0) is 27.7 Å². The number of anilines is 1. The van der Waals surface area contributed by atoms with Crippen LogP contribution in [0.1, 0.15) is 53.4 Å². The average molecular weight is 502 g/mol. The summed E-state index contributed by atoms with van der Waals surface area (Å²) in [6.45, 7) is 2.42.